The molecule has 1 unspecified atom stereocenters. The smallest absolute Gasteiger partial charge is 0.0816 e. The zero-order chi connectivity index (χ0) is 15.2. The number of aliphatic hydroxyl groups is 1. The van der Waals surface area contributed by atoms with Crippen molar-refractivity contribution in [2.75, 3.05) is 19.6 Å². The van der Waals surface area contributed by atoms with Crippen molar-refractivity contribution in [1.82, 2.24) is 15.1 Å². The standard InChI is InChI=1S/C16H20ClN3O/c1-3-8-20(9-4-2)10-7-15(21)12-5-6-14-13(16(12)17)11-18-19-14/h3-6,11,15,21H,1-2,7-10H2,(H,18,19). The zero-order valence-electron chi connectivity index (χ0n) is 11.9. The summed E-state index contributed by atoms with van der Waals surface area (Å²) >= 11 is 6.35. The summed E-state index contributed by atoms with van der Waals surface area (Å²) in [5, 5.41) is 18.6. The molecule has 112 valence electrons. The predicted octanol–water partition coefficient (Wildman–Crippen LogP) is 3.31. The summed E-state index contributed by atoms with van der Waals surface area (Å²) in [5.74, 6) is 0. The van der Waals surface area contributed by atoms with Gasteiger partial charge >= 0.3 is 0 Å². The maximum Gasteiger partial charge on any atom is 0.0816 e. The third-order valence-corrected chi connectivity index (χ3v) is 3.86. The largest absolute Gasteiger partial charge is 0.388 e. The summed E-state index contributed by atoms with van der Waals surface area (Å²) in [6.07, 6.45) is 5.37. The van der Waals surface area contributed by atoms with Crippen molar-refractivity contribution in [3.63, 3.8) is 0 Å². The van der Waals surface area contributed by atoms with E-state index in [1.165, 1.54) is 0 Å². The maximum absolute atomic E-state index is 10.4. The summed E-state index contributed by atoms with van der Waals surface area (Å²) in [7, 11) is 0. The number of nitrogens with zero attached hydrogens (tertiary/aromatic N) is 2. The average molecular weight is 306 g/mol. The number of H-pyrrole nitrogens is 1. The van der Waals surface area contributed by atoms with Crippen LogP contribution in [0.1, 0.15) is 18.1 Å². The van der Waals surface area contributed by atoms with Crippen LogP contribution in [-0.4, -0.2) is 39.8 Å². The zero-order valence-corrected chi connectivity index (χ0v) is 12.7. The molecule has 2 aromatic rings. The fraction of sp³-hybridized carbons (Fsp3) is 0.312. The van der Waals surface area contributed by atoms with E-state index in [0.29, 0.717) is 11.4 Å². The molecule has 1 aromatic carbocycles. The summed E-state index contributed by atoms with van der Waals surface area (Å²) in [4.78, 5) is 2.16. The molecule has 1 heterocycles. The van der Waals surface area contributed by atoms with Crippen LogP contribution in [0.3, 0.4) is 0 Å². The Balaban J connectivity index is 2.07. The van der Waals surface area contributed by atoms with E-state index < -0.39 is 6.10 Å². The van der Waals surface area contributed by atoms with Gasteiger partial charge in [0.2, 0.25) is 0 Å². The molecule has 21 heavy (non-hydrogen) atoms. The van der Waals surface area contributed by atoms with E-state index in [-0.39, 0.29) is 0 Å². The van der Waals surface area contributed by atoms with Crippen LogP contribution in [0.2, 0.25) is 5.02 Å². The Hall–Kier alpha value is -1.62. The Morgan fingerprint density at radius 3 is 2.71 bits per heavy atom. The first-order valence-electron chi connectivity index (χ1n) is 6.91. The van der Waals surface area contributed by atoms with Gasteiger partial charge in [-0.25, -0.2) is 0 Å². The van der Waals surface area contributed by atoms with Gasteiger partial charge in [0.25, 0.3) is 0 Å². The van der Waals surface area contributed by atoms with Crippen LogP contribution in [0.25, 0.3) is 10.9 Å². The van der Waals surface area contributed by atoms with E-state index in [1.807, 2.05) is 24.3 Å². The predicted molar refractivity (Wildman–Crippen MR) is 87.5 cm³/mol. The summed E-state index contributed by atoms with van der Waals surface area (Å²) in [6.45, 7) is 9.77. The van der Waals surface area contributed by atoms with E-state index in [9.17, 15) is 5.11 Å². The first-order valence-corrected chi connectivity index (χ1v) is 7.28. The van der Waals surface area contributed by atoms with E-state index >= 15 is 0 Å². The average Bonchev–Trinajstić information content (AvgIpc) is 2.95. The number of benzene rings is 1. The second-order valence-corrected chi connectivity index (χ2v) is 5.32. The second kappa shape index (κ2) is 7.41. The number of hydrogen-bond donors (Lipinski definition) is 2. The lowest BCUT2D eigenvalue weighted by Gasteiger charge is -2.21. The van der Waals surface area contributed by atoms with Crippen LogP contribution in [0.5, 0.6) is 0 Å². The lowest BCUT2D eigenvalue weighted by Crippen LogP contribution is -2.26. The van der Waals surface area contributed by atoms with Crippen molar-refractivity contribution in [2.24, 2.45) is 0 Å². The molecule has 0 aliphatic carbocycles. The Labute approximate surface area is 129 Å². The number of rotatable bonds is 8. The molecule has 0 saturated carbocycles. The number of halogens is 1. The van der Waals surface area contributed by atoms with Gasteiger partial charge in [-0.1, -0.05) is 29.8 Å². The minimum Gasteiger partial charge on any atom is -0.388 e. The summed E-state index contributed by atoms with van der Waals surface area (Å²) < 4.78 is 0. The third kappa shape index (κ3) is 3.73. The fourth-order valence-corrected chi connectivity index (χ4v) is 2.68. The number of nitrogens with one attached hydrogen (secondary N) is 1. The van der Waals surface area contributed by atoms with Gasteiger partial charge in [0.05, 0.1) is 22.8 Å². The number of fused-ring (bicyclic) bond motifs is 1. The first kappa shape index (κ1) is 15.8. The van der Waals surface area contributed by atoms with Gasteiger partial charge in [0, 0.05) is 25.0 Å². The van der Waals surface area contributed by atoms with Crippen molar-refractivity contribution in [3.05, 3.63) is 54.2 Å². The Kier molecular flexibility index (Phi) is 5.56. The van der Waals surface area contributed by atoms with Gasteiger partial charge in [-0.3, -0.25) is 10.00 Å². The van der Waals surface area contributed by atoms with E-state index in [0.717, 1.165) is 36.1 Å². The number of hydrogen-bond acceptors (Lipinski definition) is 3. The molecule has 5 heteroatoms. The molecule has 1 aromatic heterocycles. The third-order valence-electron chi connectivity index (χ3n) is 3.44. The molecular weight excluding hydrogens is 286 g/mol. The molecule has 0 radical (unpaired) electrons. The molecular formula is C16H20ClN3O. The molecule has 0 spiro atoms. The minimum absolute atomic E-state index is 0.563. The van der Waals surface area contributed by atoms with Gasteiger partial charge in [-0.2, -0.15) is 5.10 Å². The molecule has 0 saturated heterocycles. The molecule has 4 nitrogen and oxygen atoms in total. The highest BCUT2D eigenvalue weighted by Crippen LogP contribution is 2.31. The van der Waals surface area contributed by atoms with Crippen LogP contribution in [0.4, 0.5) is 0 Å². The minimum atomic E-state index is -0.603. The normalized spacial score (nSPS) is 12.7. The molecule has 0 amide bonds. The van der Waals surface area contributed by atoms with Crippen molar-refractivity contribution in [2.45, 2.75) is 12.5 Å². The van der Waals surface area contributed by atoms with Crippen molar-refractivity contribution < 1.29 is 5.11 Å². The molecule has 0 aliphatic rings. The van der Waals surface area contributed by atoms with Crippen LogP contribution in [-0.2, 0) is 0 Å². The van der Waals surface area contributed by atoms with Crippen LogP contribution < -0.4 is 0 Å². The number of aliphatic hydroxyl groups excluding tert-OH is 1. The van der Waals surface area contributed by atoms with Gasteiger partial charge < -0.3 is 5.11 Å². The Bertz CT molecular complexity index is 613. The van der Waals surface area contributed by atoms with Crippen LogP contribution >= 0.6 is 11.6 Å². The SMILES string of the molecule is C=CCN(CC=C)CCC(O)c1ccc2[nH]ncc2c1Cl. The van der Waals surface area contributed by atoms with E-state index in [2.05, 4.69) is 28.3 Å². The van der Waals surface area contributed by atoms with Crippen molar-refractivity contribution in [1.29, 1.82) is 0 Å². The molecule has 0 aliphatic heterocycles. The number of aromatic nitrogens is 2. The van der Waals surface area contributed by atoms with Crippen molar-refractivity contribution in [3.8, 4) is 0 Å². The van der Waals surface area contributed by atoms with Gasteiger partial charge in [0.15, 0.2) is 0 Å². The summed E-state index contributed by atoms with van der Waals surface area (Å²) in [5.41, 5.74) is 1.61. The molecule has 1 atom stereocenters. The molecule has 2 N–H and O–H groups in total. The van der Waals surface area contributed by atoms with Gasteiger partial charge in [-0.15, -0.1) is 13.2 Å². The van der Waals surface area contributed by atoms with E-state index in [4.69, 9.17) is 11.6 Å². The molecule has 0 fully saturated rings. The highest BCUT2D eigenvalue weighted by atomic mass is 35.5. The fourth-order valence-electron chi connectivity index (χ4n) is 2.34. The first-order chi connectivity index (χ1) is 10.2. The maximum atomic E-state index is 10.4. The monoisotopic (exact) mass is 305 g/mol. The molecule has 0 bridgehead atoms. The van der Waals surface area contributed by atoms with Gasteiger partial charge in [0.1, 0.15) is 0 Å². The molecule has 2 rings (SSSR count). The topological polar surface area (TPSA) is 52.1 Å². The van der Waals surface area contributed by atoms with Crippen LogP contribution in [0.15, 0.2) is 43.6 Å². The summed E-state index contributed by atoms with van der Waals surface area (Å²) in [6, 6.07) is 3.73. The second-order valence-electron chi connectivity index (χ2n) is 4.94. The van der Waals surface area contributed by atoms with Crippen LogP contribution in [0, 0.1) is 0 Å². The lowest BCUT2D eigenvalue weighted by atomic mass is 10.0. The van der Waals surface area contributed by atoms with Gasteiger partial charge in [-0.05, 0) is 18.1 Å². The Morgan fingerprint density at radius 2 is 2.05 bits per heavy atom. The Morgan fingerprint density at radius 1 is 1.33 bits per heavy atom. The highest BCUT2D eigenvalue weighted by Gasteiger charge is 2.15. The van der Waals surface area contributed by atoms with Crippen molar-refractivity contribution >= 4 is 22.5 Å². The highest BCUT2D eigenvalue weighted by molar-refractivity contribution is 6.36. The quantitative estimate of drug-likeness (QED) is 0.736. The number of aromatic amines is 1. The lowest BCUT2D eigenvalue weighted by molar-refractivity contribution is 0.149. The van der Waals surface area contributed by atoms with E-state index in [1.54, 1.807) is 6.20 Å².